The quantitative estimate of drug-likeness (QED) is 0.254. The number of hydrogen-bond donors (Lipinski definition) is 2. The first-order valence-corrected chi connectivity index (χ1v) is 18.3. The topological polar surface area (TPSA) is 148 Å². The monoisotopic (exact) mass is 679 g/mol. The summed E-state index contributed by atoms with van der Waals surface area (Å²) in [5, 5.41) is 6.50. The van der Waals surface area contributed by atoms with Gasteiger partial charge in [0, 0.05) is 12.1 Å². The van der Waals surface area contributed by atoms with Gasteiger partial charge in [0.15, 0.2) is 22.0 Å². The molecule has 0 spiro atoms. The summed E-state index contributed by atoms with van der Waals surface area (Å²) in [6, 6.07) is 16.2. The van der Waals surface area contributed by atoms with E-state index in [0.29, 0.717) is 40.8 Å². The van der Waals surface area contributed by atoms with E-state index in [1.807, 2.05) is 60.7 Å². The zero-order chi connectivity index (χ0) is 33.5. The van der Waals surface area contributed by atoms with Gasteiger partial charge in [0.05, 0.1) is 11.5 Å². The predicted molar refractivity (Wildman–Crippen MR) is 175 cm³/mol. The highest BCUT2D eigenvalue weighted by atomic mass is 32.2. The van der Waals surface area contributed by atoms with Crippen molar-refractivity contribution < 1.29 is 37.1 Å². The standard InChI is InChI=1S/C34H37N3O8S2/c1-34(2,3)45-33(41)36-26-30(39)37-27(32(40)44-28(20-10-6-4-7-11-20)21-12-8-5-9-13-21)24(18-46-31(26)37)25(23-14-16-35-29(23)38)22-15-17-47(42,43)19-22/h4-13,18,22,26-28,31H,14-17,19H2,1-3H3,(H,35,38)(H,36,41)/t22?,26-,27-,31-/m1/s1. The number of benzene rings is 2. The number of alkyl carbamates (subject to hydrolysis) is 1. The second-order valence-electron chi connectivity index (χ2n) is 13.0. The van der Waals surface area contributed by atoms with Gasteiger partial charge in [-0.15, -0.1) is 11.8 Å². The molecule has 0 radical (unpaired) electrons. The van der Waals surface area contributed by atoms with Crippen molar-refractivity contribution in [2.45, 2.75) is 62.8 Å². The number of sulfone groups is 1. The molecule has 4 aliphatic heterocycles. The van der Waals surface area contributed by atoms with Crippen molar-refractivity contribution in [3.8, 4) is 0 Å². The van der Waals surface area contributed by atoms with Crippen LogP contribution >= 0.6 is 11.8 Å². The Balaban J connectivity index is 1.41. The number of ether oxygens (including phenoxy) is 2. The van der Waals surface area contributed by atoms with E-state index in [2.05, 4.69) is 10.6 Å². The second kappa shape index (κ2) is 12.8. The average molecular weight is 680 g/mol. The first-order valence-electron chi connectivity index (χ1n) is 15.5. The number of β-lactam (4-membered cyclic amide) rings is 1. The molecule has 11 nitrogen and oxygen atoms in total. The number of rotatable bonds is 7. The molecule has 248 valence electrons. The minimum absolute atomic E-state index is 0.0388. The molecule has 13 heteroatoms. The number of hydrogen-bond acceptors (Lipinski definition) is 9. The van der Waals surface area contributed by atoms with Crippen LogP contribution in [0.3, 0.4) is 0 Å². The summed E-state index contributed by atoms with van der Waals surface area (Å²) in [4.78, 5) is 55.5. The number of carbonyl (C=O) groups excluding carboxylic acids is 4. The number of carbonyl (C=O) groups is 4. The van der Waals surface area contributed by atoms with E-state index in [1.54, 1.807) is 26.2 Å². The van der Waals surface area contributed by atoms with Crippen LogP contribution in [-0.4, -0.2) is 78.3 Å². The normalized spacial score (nSPS) is 26.1. The van der Waals surface area contributed by atoms with Crippen LogP contribution in [0.1, 0.15) is 50.8 Å². The molecule has 0 aromatic heterocycles. The van der Waals surface area contributed by atoms with Crippen LogP contribution in [0.25, 0.3) is 0 Å². The molecule has 0 bridgehead atoms. The van der Waals surface area contributed by atoms with Gasteiger partial charge >= 0.3 is 12.1 Å². The number of esters is 1. The van der Waals surface area contributed by atoms with E-state index in [0.717, 1.165) is 0 Å². The van der Waals surface area contributed by atoms with Crippen LogP contribution in [0.5, 0.6) is 0 Å². The first-order chi connectivity index (χ1) is 22.3. The van der Waals surface area contributed by atoms with Crippen LogP contribution in [0.2, 0.25) is 0 Å². The fourth-order valence-corrected chi connectivity index (χ4v) is 9.50. The number of nitrogens with one attached hydrogen (secondary N) is 2. The SMILES string of the molecule is CC(C)(C)OC(=O)N[C@@H]1C(=O)N2[C@@H](C(=O)OC(c3ccccc3)c3ccccc3)C(C(=C3CCNC3=O)C3CCS(=O)(=O)C3)=CS[C@H]12. The number of nitrogens with zero attached hydrogens (tertiary/aromatic N) is 1. The predicted octanol–water partition coefficient (Wildman–Crippen LogP) is 3.63. The minimum atomic E-state index is -3.37. The molecule has 4 heterocycles. The molecule has 2 aromatic rings. The number of fused-ring (bicyclic) bond motifs is 1. The molecule has 0 saturated carbocycles. The molecule has 2 aromatic carbocycles. The van der Waals surface area contributed by atoms with Crippen LogP contribution < -0.4 is 10.6 Å². The lowest BCUT2D eigenvalue weighted by molar-refractivity contribution is -0.164. The Morgan fingerprint density at radius 2 is 1.66 bits per heavy atom. The van der Waals surface area contributed by atoms with Crippen LogP contribution in [0, 0.1) is 5.92 Å². The van der Waals surface area contributed by atoms with Crippen molar-refractivity contribution in [3.05, 3.63) is 93.9 Å². The van der Waals surface area contributed by atoms with E-state index in [4.69, 9.17) is 9.47 Å². The zero-order valence-corrected chi connectivity index (χ0v) is 27.9. The highest BCUT2D eigenvalue weighted by molar-refractivity contribution is 8.03. The lowest BCUT2D eigenvalue weighted by Crippen LogP contribution is -2.74. The van der Waals surface area contributed by atoms with Gasteiger partial charge in [-0.05, 0) is 67.2 Å². The summed E-state index contributed by atoms with van der Waals surface area (Å²) in [7, 11) is -3.37. The summed E-state index contributed by atoms with van der Waals surface area (Å²) in [5.41, 5.74) is 1.90. The van der Waals surface area contributed by atoms with Gasteiger partial charge in [-0.1, -0.05) is 60.7 Å². The first kappa shape index (κ1) is 32.8. The summed E-state index contributed by atoms with van der Waals surface area (Å²) >= 11 is 1.22. The number of amides is 3. The molecule has 0 aliphatic carbocycles. The molecule has 2 N–H and O–H groups in total. The van der Waals surface area contributed by atoms with Gasteiger partial charge < -0.3 is 25.0 Å². The smallest absolute Gasteiger partial charge is 0.408 e. The lowest BCUT2D eigenvalue weighted by atomic mass is 9.82. The highest BCUT2D eigenvalue weighted by Gasteiger charge is 2.58. The molecule has 6 rings (SSSR count). The molecular weight excluding hydrogens is 643 g/mol. The molecule has 3 amide bonds. The highest BCUT2D eigenvalue weighted by Crippen LogP contribution is 2.47. The van der Waals surface area contributed by atoms with E-state index >= 15 is 0 Å². The number of thioether (sulfide) groups is 1. The Bertz CT molecular complexity index is 1710. The third-order valence-corrected chi connectivity index (χ3v) is 11.5. The third-order valence-electron chi connectivity index (χ3n) is 8.53. The summed E-state index contributed by atoms with van der Waals surface area (Å²) in [6.45, 7) is 5.52. The summed E-state index contributed by atoms with van der Waals surface area (Å²) < 4.78 is 37.0. The van der Waals surface area contributed by atoms with E-state index in [9.17, 15) is 27.6 Å². The van der Waals surface area contributed by atoms with Gasteiger partial charge in [0.1, 0.15) is 17.0 Å². The summed E-state index contributed by atoms with van der Waals surface area (Å²) in [5.74, 6) is -2.32. The Morgan fingerprint density at radius 3 is 2.19 bits per heavy atom. The molecule has 4 aliphatic rings. The maximum absolute atomic E-state index is 14.5. The van der Waals surface area contributed by atoms with Crippen molar-refractivity contribution >= 4 is 45.5 Å². The maximum atomic E-state index is 14.5. The van der Waals surface area contributed by atoms with Crippen molar-refractivity contribution in [1.29, 1.82) is 0 Å². The summed E-state index contributed by atoms with van der Waals surface area (Å²) in [6.07, 6.45) is -0.941. The molecule has 47 heavy (non-hydrogen) atoms. The molecule has 3 fully saturated rings. The Kier molecular flexibility index (Phi) is 8.96. The van der Waals surface area contributed by atoms with Crippen molar-refractivity contribution in [2.24, 2.45) is 5.92 Å². The fourth-order valence-electron chi connectivity index (χ4n) is 6.50. The van der Waals surface area contributed by atoms with Crippen molar-refractivity contribution in [2.75, 3.05) is 18.1 Å². The molecule has 4 atom stereocenters. The van der Waals surface area contributed by atoms with Gasteiger partial charge in [-0.3, -0.25) is 9.59 Å². The fraction of sp³-hybridized carbons (Fsp3) is 0.412. The Morgan fingerprint density at radius 1 is 1.02 bits per heavy atom. The van der Waals surface area contributed by atoms with Crippen molar-refractivity contribution in [1.82, 2.24) is 15.5 Å². The van der Waals surface area contributed by atoms with Crippen LogP contribution in [-0.2, 0) is 33.7 Å². The average Bonchev–Trinajstić information content (AvgIpc) is 3.62. The van der Waals surface area contributed by atoms with Crippen molar-refractivity contribution in [3.63, 3.8) is 0 Å². The molecular formula is C34H37N3O8S2. The van der Waals surface area contributed by atoms with Gasteiger partial charge in [0.2, 0.25) is 11.8 Å². The van der Waals surface area contributed by atoms with Crippen LogP contribution in [0.15, 0.2) is 82.8 Å². The van der Waals surface area contributed by atoms with Gasteiger partial charge in [-0.2, -0.15) is 0 Å². The largest absolute Gasteiger partial charge is 0.451 e. The van der Waals surface area contributed by atoms with E-state index in [1.165, 1.54) is 16.7 Å². The molecule has 1 unspecified atom stereocenters. The lowest BCUT2D eigenvalue weighted by Gasteiger charge is -2.52. The molecule has 3 saturated heterocycles. The Hall–Kier alpha value is -4.10. The van der Waals surface area contributed by atoms with E-state index < -0.39 is 62.9 Å². The maximum Gasteiger partial charge on any atom is 0.408 e. The minimum Gasteiger partial charge on any atom is -0.451 e. The Labute approximate surface area is 278 Å². The third kappa shape index (κ3) is 6.82. The zero-order valence-electron chi connectivity index (χ0n) is 26.3. The van der Waals surface area contributed by atoms with Crippen LogP contribution in [0.4, 0.5) is 4.79 Å². The second-order valence-corrected chi connectivity index (χ2v) is 16.2. The van der Waals surface area contributed by atoms with Gasteiger partial charge in [0.25, 0.3) is 0 Å². The van der Waals surface area contributed by atoms with E-state index in [-0.39, 0.29) is 23.8 Å². The van der Waals surface area contributed by atoms with Gasteiger partial charge in [-0.25, -0.2) is 18.0 Å².